The molecule has 6 aromatic carbocycles. The summed E-state index contributed by atoms with van der Waals surface area (Å²) in [6, 6.07) is 56.7. The highest BCUT2D eigenvalue weighted by Gasteiger charge is 2.19. The number of rotatable bonds is 9. The highest BCUT2D eigenvalue weighted by atomic mass is 15.1. The van der Waals surface area contributed by atoms with E-state index in [1.54, 1.807) is 0 Å². The molecule has 0 unspecified atom stereocenters. The summed E-state index contributed by atoms with van der Waals surface area (Å²) in [6.07, 6.45) is 1.10. The van der Waals surface area contributed by atoms with Crippen LogP contribution in [0.5, 0.6) is 0 Å². The number of para-hydroxylation sites is 2. The summed E-state index contributed by atoms with van der Waals surface area (Å²) in [5.41, 5.74) is 12.0. The lowest BCUT2D eigenvalue weighted by Crippen LogP contribution is -2.16. The Morgan fingerprint density at radius 1 is 0.409 bits per heavy atom. The fraction of sp³-hybridized carbons (Fsp3) is 0.143. The Hall–Kier alpha value is -5.08. The zero-order valence-electron chi connectivity index (χ0n) is 26.1. The van der Waals surface area contributed by atoms with Crippen LogP contribution < -0.4 is 9.80 Å². The maximum Gasteiger partial charge on any atom is 0.0462 e. The van der Waals surface area contributed by atoms with Crippen molar-refractivity contribution in [2.24, 2.45) is 0 Å². The molecule has 0 aliphatic carbocycles. The van der Waals surface area contributed by atoms with Gasteiger partial charge in [0.05, 0.1) is 0 Å². The van der Waals surface area contributed by atoms with Crippen LogP contribution in [0, 0.1) is 6.92 Å². The van der Waals surface area contributed by atoms with Gasteiger partial charge in [-0.25, -0.2) is 0 Å². The van der Waals surface area contributed by atoms with Crippen molar-refractivity contribution in [1.29, 1.82) is 0 Å². The van der Waals surface area contributed by atoms with Crippen molar-refractivity contribution in [3.05, 3.63) is 169 Å². The molecule has 0 saturated heterocycles. The Labute approximate surface area is 262 Å². The summed E-state index contributed by atoms with van der Waals surface area (Å²) in [5.74, 6) is 0. The predicted octanol–water partition coefficient (Wildman–Crippen LogP) is 12.3. The van der Waals surface area contributed by atoms with E-state index in [-0.39, 0.29) is 5.41 Å². The average molecular weight is 573 g/mol. The zero-order valence-corrected chi connectivity index (χ0v) is 26.1. The number of anilines is 6. The predicted molar refractivity (Wildman–Crippen MR) is 189 cm³/mol. The first-order chi connectivity index (χ1) is 21.4. The van der Waals surface area contributed by atoms with Crippen molar-refractivity contribution in [3.63, 3.8) is 0 Å². The molecule has 0 radical (unpaired) electrons. The molecule has 0 heterocycles. The van der Waals surface area contributed by atoms with Crippen molar-refractivity contribution >= 4 is 34.1 Å². The van der Waals surface area contributed by atoms with Crippen LogP contribution in [0.3, 0.4) is 0 Å². The van der Waals surface area contributed by atoms with Crippen LogP contribution in [-0.2, 0) is 5.41 Å². The van der Waals surface area contributed by atoms with Crippen molar-refractivity contribution in [3.8, 4) is 11.1 Å². The van der Waals surface area contributed by atoms with Gasteiger partial charge < -0.3 is 9.80 Å². The molecule has 218 valence electrons. The van der Waals surface area contributed by atoms with E-state index in [0.29, 0.717) is 0 Å². The lowest BCUT2D eigenvalue weighted by atomic mass is 9.82. The van der Waals surface area contributed by atoms with Gasteiger partial charge in [0, 0.05) is 34.1 Å². The van der Waals surface area contributed by atoms with E-state index < -0.39 is 0 Å². The molecular formula is C42H40N2. The highest BCUT2D eigenvalue weighted by Crippen LogP contribution is 2.38. The van der Waals surface area contributed by atoms with Gasteiger partial charge in [0.25, 0.3) is 0 Å². The highest BCUT2D eigenvalue weighted by molar-refractivity contribution is 5.80. The summed E-state index contributed by atoms with van der Waals surface area (Å²) in [5, 5.41) is 0. The number of benzene rings is 6. The summed E-state index contributed by atoms with van der Waals surface area (Å²) >= 11 is 0. The largest absolute Gasteiger partial charge is 0.311 e. The molecule has 0 aliphatic rings. The number of hydrogen-bond acceptors (Lipinski definition) is 2. The quantitative estimate of drug-likeness (QED) is 0.170. The van der Waals surface area contributed by atoms with Gasteiger partial charge in [0.15, 0.2) is 0 Å². The van der Waals surface area contributed by atoms with Crippen molar-refractivity contribution in [1.82, 2.24) is 0 Å². The molecule has 0 fully saturated rings. The molecule has 0 saturated carbocycles. The molecule has 0 N–H and O–H groups in total. The van der Waals surface area contributed by atoms with E-state index in [1.165, 1.54) is 22.3 Å². The molecule has 2 heteroatoms. The molecule has 0 amide bonds. The Bertz CT molecular complexity index is 1770. The van der Waals surface area contributed by atoms with Crippen LogP contribution in [0.1, 0.15) is 38.3 Å². The first-order valence-electron chi connectivity index (χ1n) is 15.5. The second-order valence-corrected chi connectivity index (χ2v) is 12.1. The lowest BCUT2D eigenvalue weighted by molar-refractivity contribution is 0.506. The normalized spacial score (nSPS) is 11.3. The van der Waals surface area contributed by atoms with Gasteiger partial charge >= 0.3 is 0 Å². The third-order valence-corrected chi connectivity index (χ3v) is 8.70. The van der Waals surface area contributed by atoms with Crippen LogP contribution >= 0.6 is 0 Å². The topological polar surface area (TPSA) is 6.48 Å². The van der Waals surface area contributed by atoms with Gasteiger partial charge in [-0.3, -0.25) is 0 Å². The third kappa shape index (κ3) is 6.16. The van der Waals surface area contributed by atoms with Crippen LogP contribution in [0.25, 0.3) is 11.1 Å². The standard InChI is InChI=1S/C42H40N2/c1-5-42(3,4)35-22-30-41(31-23-35)44(37-14-10-7-11-15-37)40-28-20-34(21-29-40)33-18-26-39(27-19-33)43(36-12-8-6-9-13-36)38-24-16-32(2)17-25-38/h6-31H,5H2,1-4H3. The molecular weight excluding hydrogens is 532 g/mol. The number of nitrogens with zero attached hydrogens (tertiary/aromatic N) is 2. The second kappa shape index (κ2) is 12.7. The van der Waals surface area contributed by atoms with Crippen molar-refractivity contribution in [2.45, 2.75) is 39.5 Å². The van der Waals surface area contributed by atoms with Gasteiger partial charge in [-0.1, -0.05) is 111 Å². The van der Waals surface area contributed by atoms with E-state index in [9.17, 15) is 0 Å². The molecule has 0 aliphatic heterocycles. The summed E-state index contributed by atoms with van der Waals surface area (Å²) in [7, 11) is 0. The minimum absolute atomic E-state index is 0.158. The fourth-order valence-electron chi connectivity index (χ4n) is 5.61. The van der Waals surface area contributed by atoms with Gasteiger partial charge in [0.1, 0.15) is 0 Å². The molecule has 0 spiro atoms. The molecule has 6 rings (SSSR count). The molecule has 0 bridgehead atoms. The Kier molecular flexibility index (Phi) is 8.34. The number of aryl methyl sites for hydroxylation is 1. The van der Waals surface area contributed by atoms with Gasteiger partial charge in [-0.15, -0.1) is 0 Å². The minimum Gasteiger partial charge on any atom is -0.311 e. The smallest absolute Gasteiger partial charge is 0.0462 e. The maximum absolute atomic E-state index is 2.33. The SMILES string of the molecule is CCC(C)(C)c1ccc(N(c2ccccc2)c2ccc(-c3ccc(N(c4ccccc4)c4ccc(C)cc4)cc3)cc2)cc1. The molecule has 0 atom stereocenters. The van der Waals surface area contributed by atoms with Gasteiger partial charge in [-0.2, -0.15) is 0 Å². The van der Waals surface area contributed by atoms with Gasteiger partial charge in [-0.05, 0) is 108 Å². The molecule has 6 aromatic rings. The van der Waals surface area contributed by atoms with Crippen LogP contribution in [0.4, 0.5) is 34.1 Å². The van der Waals surface area contributed by atoms with Gasteiger partial charge in [0.2, 0.25) is 0 Å². The lowest BCUT2D eigenvalue weighted by Gasteiger charge is -2.28. The van der Waals surface area contributed by atoms with E-state index in [0.717, 1.165) is 40.5 Å². The van der Waals surface area contributed by atoms with Crippen molar-refractivity contribution in [2.75, 3.05) is 9.80 Å². The summed E-state index contributed by atoms with van der Waals surface area (Å²) < 4.78 is 0. The van der Waals surface area contributed by atoms with E-state index in [1.807, 2.05) is 0 Å². The van der Waals surface area contributed by atoms with Crippen LogP contribution in [0.15, 0.2) is 158 Å². The first-order valence-corrected chi connectivity index (χ1v) is 15.5. The average Bonchev–Trinajstić information content (AvgIpc) is 3.08. The maximum atomic E-state index is 2.33. The van der Waals surface area contributed by atoms with E-state index in [4.69, 9.17) is 0 Å². The van der Waals surface area contributed by atoms with Crippen LogP contribution in [0.2, 0.25) is 0 Å². The zero-order chi connectivity index (χ0) is 30.5. The molecule has 44 heavy (non-hydrogen) atoms. The Morgan fingerprint density at radius 3 is 1.09 bits per heavy atom. The first kappa shape index (κ1) is 29.0. The molecule has 2 nitrogen and oxygen atoms in total. The van der Waals surface area contributed by atoms with E-state index >= 15 is 0 Å². The second-order valence-electron chi connectivity index (χ2n) is 12.1. The Balaban J connectivity index is 1.30. The minimum atomic E-state index is 0.158. The number of hydrogen-bond donors (Lipinski definition) is 0. The van der Waals surface area contributed by atoms with Crippen molar-refractivity contribution < 1.29 is 0 Å². The summed E-state index contributed by atoms with van der Waals surface area (Å²) in [6.45, 7) is 9.00. The molecule has 0 aromatic heterocycles. The fourth-order valence-corrected chi connectivity index (χ4v) is 5.61. The Morgan fingerprint density at radius 2 is 0.727 bits per heavy atom. The monoisotopic (exact) mass is 572 g/mol. The summed E-state index contributed by atoms with van der Waals surface area (Å²) in [4.78, 5) is 4.63. The third-order valence-electron chi connectivity index (χ3n) is 8.70. The van der Waals surface area contributed by atoms with Crippen LogP contribution in [-0.4, -0.2) is 0 Å². The van der Waals surface area contributed by atoms with E-state index in [2.05, 4.69) is 195 Å².